The highest BCUT2D eigenvalue weighted by atomic mass is 16.7. The van der Waals surface area contributed by atoms with Gasteiger partial charge in [0.05, 0.1) is 19.7 Å². The summed E-state index contributed by atoms with van der Waals surface area (Å²) in [6, 6.07) is 7.65. The normalized spacial score (nSPS) is 13.8. The third-order valence-electron chi connectivity index (χ3n) is 4.62. The summed E-state index contributed by atoms with van der Waals surface area (Å²) in [5.74, 6) is 3.52. The lowest BCUT2D eigenvalue weighted by atomic mass is 9.95. The van der Waals surface area contributed by atoms with Crippen LogP contribution in [-0.4, -0.2) is 26.0 Å². The number of nitrogens with zero attached hydrogens (tertiary/aromatic N) is 1. The summed E-state index contributed by atoms with van der Waals surface area (Å²) in [4.78, 5) is 4.61. The van der Waals surface area contributed by atoms with Crippen molar-refractivity contribution in [3.63, 3.8) is 0 Å². The average molecular weight is 337 g/mol. The summed E-state index contributed by atoms with van der Waals surface area (Å²) in [6.07, 6.45) is 1.87. The fourth-order valence-corrected chi connectivity index (χ4v) is 3.36. The molecule has 1 aromatic heterocycles. The largest absolute Gasteiger partial charge is 0.493 e. The Morgan fingerprint density at radius 2 is 1.60 bits per heavy atom. The number of benzene rings is 2. The summed E-state index contributed by atoms with van der Waals surface area (Å²) < 4.78 is 27.7. The van der Waals surface area contributed by atoms with Crippen LogP contribution in [0, 0.1) is 0 Å². The second-order valence-electron chi connectivity index (χ2n) is 5.87. The Morgan fingerprint density at radius 1 is 0.840 bits per heavy atom. The third-order valence-corrected chi connectivity index (χ3v) is 4.62. The molecule has 126 valence electrons. The standard InChI is InChI=1S/C19H15NO5/c1-21-16-4-11-12-7-20-14-5-19-18(24-9-25-19)3-10(14)13(12)8-23-15(11)6-17(16)22-2/h3-7H,8-9H2,1-2H3. The molecule has 2 aromatic carbocycles. The van der Waals surface area contributed by atoms with Crippen molar-refractivity contribution in [2.24, 2.45) is 0 Å². The van der Waals surface area contributed by atoms with Crippen LogP contribution < -0.4 is 23.7 Å². The van der Waals surface area contributed by atoms with Gasteiger partial charge in [0.25, 0.3) is 0 Å². The van der Waals surface area contributed by atoms with E-state index < -0.39 is 0 Å². The Hall–Kier alpha value is -3.15. The van der Waals surface area contributed by atoms with Gasteiger partial charge in [0, 0.05) is 40.4 Å². The van der Waals surface area contributed by atoms with E-state index in [1.54, 1.807) is 14.2 Å². The summed E-state index contributed by atoms with van der Waals surface area (Å²) in [6.45, 7) is 0.695. The second-order valence-corrected chi connectivity index (χ2v) is 5.87. The van der Waals surface area contributed by atoms with E-state index in [9.17, 15) is 0 Å². The van der Waals surface area contributed by atoms with Crippen molar-refractivity contribution in [1.82, 2.24) is 4.98 Å². The predicted octanol–water partition coefficient (Wildman–Crippen LogP) is 3.54. The minimum Gasteiger partial charge on any atom is -0.493 e. The molecule has 3 aromatic rings. The summed E-state index contributed by atoms with van der Waals surface area (Å²) in [7, 11) is 3.23. The molecule has 0 saturated carbocycles. The number of hydrogen-bond acceptors (Lipinski definition) is 6. The first kappa shape index (κ1) is 14.2. The quantitative estimate of drug-likeness (QED) is 0.713. The van der Waals surface area contributed by atoms with Crippen molar-refractivity contribution in [2.75, 3.05) is 21.0 Å². The van der Waals surface area contributed by atoms with E-state index in [0.717, 1.165) is 44.8 Å². The second kappa shape index (κ2) is 5.17. The van der Waals surface area contributed by atoms with Crippen LogP contribution >= 0.6 is 0 Å². The molecule has 0 atom stereocenters. The Bertz CT molecular complexity index is 1010. The molecule has 0 unspecified atom stereocenters. The highest BCUT2D eigenvalue weighted by Crippen LogP contribution is 2.46. The molecule has 6 nitrogen and oxygen atoms in total. The smallest absolute Gasteiger partial charge is 0.231 e. The molecular weight excluding hydrogens is 322 g/mol. The van der Waals surface area contributed by atoms with Gasteiger partial charge in [-0.1, -0.05) is 0 Å². The van der Waals surface area contributed by atoms with Crippen molar-refractivity contribution in [3.05, 3.63) is 36.0 Å². The van der Waals surface area contributed by atoms with Crippen LogP contribution in [0.2, 0.25) is 0 Å². The minimum absolute atomic E-state index is 0.240. The van der Waals surface area contributed by atoms with Crippen LogP contribution in [0.25, 0.3) is 22.0 Å². The molecule has 2 aliphatic heterocycles. The molecule has 0 bridgehead atoms. The molecule has 0 N–H and O–H groups in total. The molecule has 0 spiro atoms. The fraction of sp³-hybridized carbons (Fsp3) is 0.211. The van der Waals surface area contributed by atoms with Crippen LogP contribution in [0.15, 0.2) is 30.5 Å². The maximum Gasteiger partial charge on any atom is 0.231 e. The number of hydrogen-bond donors (Lipinski definition) is 0. The van der Waals surface area contributed by atoms with Crippen molar-refractivity contribution < 1.29 is 23.7 Å². The SMILES string of the molecule is COc1cc2c(cc1OC)-c1cnc3cc4c(cc3c1CO2)OCO4. The lowest BCUT2D eigenvalue weighted by Crippen LogP contribution is -2.07. The topological polar surface area (TPSA) is 59.0 Å². The zero-order valence-electron chi connectivity index (χ0n) is 13.8. The van der Waals surface area contributed by atoms with E-state index in [1.165, 1.54) is 0 Å². The number of ether oxygens (including phenoxy) is 5. The van der Waals surface area contributed by atoms with E-state index in [-0.39, 0.29) is 6.79 Å². The average Bonchev–Trinajstić information content (AvgIpc) is 3.11. The van der Waals surface area contributed by atoms with Gasteiger partial charge in [-0.3, -0.25) is 4.98 Å². The third kappa shape index (κ3) is 2.00. The van der Waals surface area contributed by atoms with E-state index in [0.29, 0.717) is 18.1 Å². The molecule has 0 aliphatic carbocycles. The maximum atomic E-state index is 5.98. The van der Waals surface area contributed by atoms with Crippen molar-refractivity contribution >= 4 is 10.9 Å². The van der Waals surface area contributed by atoms with Crippen LogP contribution in [-0.2, 0) is 6.61 Å². The van der Waals surface area contributed by atoms with Gasteiger partial charge in [-0.15, -0.1) is 0 Å². The number of fused-ring (bicyclic) bond motifs is 6. The number of aromatic nitrogens is 1. The number of pyridine rings is 1. The molecule has 2 aliphatic rings. The van der Waals surface area contributed by atoms with Gasteiger partial charge in [-0.25, -0.2) is 0 Å². The summed E-state index contributed by atoms with van der Waals surface area (Å²) in [5, 5.41) is 1.00. The van der Waals surface area contributed by atoms with E-state index in [1.807, 2.05) is 30.5 Å². The number of rotatable bonds is 2. The molecule has 0 saturated heterocycles. The summed E-state index contributed by atoms with van der Waals surface area (Å²) >= 11 is 0. The van der Waals surface area contributed by atoms with Gasteiger partial charge >= 0.3 is 0 Å². The zero-order chi connectivity index (χ0) is 17.0. The molecule has 5 rings (SSSR count). The van der Waals surface area contributed by atoms with Crippen LogP contribution in [0.4, 0.5) is 0 Å². The van der Waals surface area contributed by atoms with Crippen LogP contribution in [0.1, 0.15) is 5.56 Å². The van der Waals surface area contributed by atoms with E-state index in [4.69, 9.17) is 23.7 Å². The van der Waals surface area contributed by atoms with Crippen molar-refractivity contribution in [3.8, 4) is 39.9 Å². The first-order valence-electron chi connectivity index (χ1n) is 7.89. The molecule has 0 amide bonds. The Labute approximate surface area is 143 Å². The van der Waals surface area contributed by atoms with Gasteiger partial charge in [0.15, 0.2) is 23.0 Å². The van der Waals surface area contributed by atoms with E-state index in [2.05, 4.69) is 4.98 Å². The summed E-state index contributed by atoms with van der Waals surface area (Å²) in [5.41, 5.74) is 3.89. The molecule has 6 heteroatoms. The molecule has 25 heavy (non-hydrogen) atoms. The van der Waals surface area contributed by atoms with Crippen molar-refractivity contribution in [2.45, 2.75) is 6.61 Å². The fourth-order valence-electron chi connectivity index (χ4n) is 3.36. The van der Waals surface area contributed by atoms with Crippen LogP contribution in [0.3, 0.4) is 0 Å². The Kier molecular flexibility index (Phi) is 2.94. The molecule has 3 heterocycles. The molecular formula is C19H15NO5. The van der Waals surface area contributed by atoms with Crippen molar-refractivity contribution in [1.29, 1.82) is 0 Å². The Balaban J connectivity index is 1.75. The van der Waals surface area contributed by atoms with Crippen LogP contribution in [0.5, 0.6) is 28.7 Å². The maximum absolute atomic E-state index is 5.98. The highest BCUT2D eigenvalue weighted by Gasteiger charge is 2.24. The highest BCUT2D eigenvalue weighted by molar-refractivity contribution is 5.93. The van der Waals surface area contributed by atoms with Gasteiger partial charge < -0.3 is 23.7 Å². The molecule has 0 radical (unpaired) electrons. The monoisotopic (exact) mass is 337 g/mol. The number of methoxy groups -OCH3 is 2. The van der Waals surface area contributed by atoms with Gasteiger partial charge in [-0.2, -0.15) is 0 Å². The Morgan fingerprint density at radius 3 is 2.40 bits per heavy atom. The lowest BCUT2D eigenvalue weighted by molar-refractivity contribution is 0.174. The zero-order valence-corrected chi connectivity index (χ0v) is 13.8. The lowest BCUT2D eigenvalue weighted by Gasteiger charge is -2.23. The van der Waals surface area contributed by atoms with E-state index >= 15 is 0 Å². The first-order valence-corrected chi connectivity index (χ1v) is 7.89. The van der Waals surface area contributed by atoms with Gasteiger partial charge in [0.1, 0.15) is 12.4 Å². The predicted molar refractivity (Wildman–Crippen MR) is 90.7 cm³/mol. The van der Waals surface area contributed by atoms with Gasteiger partial charge in [0.2, 0.25) is 6.79 Å². The van der Waals surface area contributed by atoms with Gasteiger partial charge in [-0.05, 0) is 12.1 Å². The minimum atomic E-state index is 0.240. The molecule has 0 fully saturated rings. The first-order chi connectivity index (χ1) is 12.3.